The Labute approximate surface area is 142 Å². The standard InChI is InChI=1S/C15H16O9S/c1-15(6-25(22,23)24,7-2-4-9(16)13(20)11(7)18)8-3-5-10(17)14(21)12(8)19/h2-5,16-21H,6H2,1H3,(H,22,23,24). The van der Waals surface area contributed by atoms with Crippen molar-refractivity contribution in [3.63, 3.8) is 0 Å². The van der Waals surface area contributed by atoms with Gasteiger partial charge >= 0.3 is 0 Å². The fraction of sp³-hybridized carbons (Fsp3) is 0.200. The summed E-state index contributed by atoms with van der Waals surface area (Å²) in [5.74, 6) is -6.00. The minimum Gasteiger partial charge on any atom is -0.504 e. The molecule has 0 fully saturated rings. The van der Waals surface area contributed by atoms with Crippen molar-refractivity contribution in [2.45, 2.75) is 12.3 Å². The van der Waals surface area contributed by atoms with Crippen LogP contribution in [0.1, 0.15) is 18.1 Å². The summed E-state index contributed by atoms with van der Waals surface area (Å²) >= 11 is 0. The largest absolute Gasteiger partial charge is 0.504 e. The Morgan fingerprint density at radius 2 is 1.12 bits per heavy atom. The van der Waals surface area contributed by atoms with Gasteiger partial charge in [-0.3, -0.25) is 4.55 Å². The Morgan fingerprint density at radius 3 is 1.44 bits per heavy atom. The molecule has 2 aromatic carbocycles. The van der Waals surface area contributed by atoms with Crippen molar-refractivity contribution in [1.82, 2.24) is 0 Å². The molecule has 136 valence electrons. The predicted octanol–water partition coefficient (Wildman–Crippen LogP) is 1.11. The van der Waals surface area contributed by atoms with Crippen molar-refractivity contribution in [2.75, 3.05) is 5.75 Å². The van der Waals surface area contributed by atoms with Crippen LogP contribution >= 0.6 is 0 Å². The molecule has 2 rings (SSSR count). The first kappa shape index (κ1) is 18.5. The van der Waals surface area contributed by atoms with Crippen LogP contribution in [0.15, 0.2) is 24.3 Å². The van der Waals surface area contributed by atoms with Crippen LogP contribution in [0.5, 0.6) is 34.5 Å². The summed E-state index contributed by atoms with van der Waals surface area (Å²) in [5, 5.41) is 58.5. The Kier molecular flexibility index (Phi) is 4.36. The van der Waals surface area contributed by atoms with E-state index in [0.29, 0.717) is 0 Å². The lowest BCUT2D eigenvalue weighted by atomic mass is 9.76. The van der Waals surface area contributed by atoms with Gasteiger partial charge in [0.25, 0.3) is 10.1 Å². The lowest BCUT2D eigenvalue weighted by Gasteiger charge is -2.31. The highest BCUT2D eigenvalue weighted by Gasteiger charge is 2.40. The number of phenolic OH excluding ortho intramolecular Hbond substituents is 6. The van der Waals surface area contributed by atoms with Crippen LogP contribution in [-0.2, 0) is 15.5 Å². The average Bonchev–Trinajstić information content (AvgIpc) is 2.48. The maximum atomic E-state index is 11.5. The van der Waals surface area contributed by atoms with E-state index < -0.39 is 55.8 Å². The molecule has 0 bridgehead atoms. The Hall–Kier alpha value is -2.85. The molecule has 0 aromatic heterocycles. The van der Waals surface area contributed by atoms with Crippen LogP contribution in [0.4, 0.5) is 0 Å². The molecule has 25 heavy (non-hydrogen) atoms. The van der Waals surface area contributed by atoms with Gasteiger partial charge in [-0.1, -0.05) is 19.1 Å². The molecule has 0 aliphatic heterocycles. The van der Waals surface area contributed by atoms with Crippen LogP contribution < -0.4 is 0 Å². The molecule has 0 aliphatic rings. The molecule has 9 nitrogen and oxygen atoms in total. The van der Waals surface area contributed by atoms with Crippen molar-refractivity contribution in [1.29, 1.82) is 0 Å². The van der Waals surface area contributed by atoms with E-state index in [1.54, 1.807) is 0 Å². The van der Waals surface area contributed by atoms with Crippen molar-refractivity contribution in [3.05, 3.63) is 35.4 Å². The molecule has 0 amide bonds. The molecular weight excluding hydrogens is 356 g/mol. The highest BCUT2D eigenvalue weighted by molar-refractivity contribution is 7.85. The number of rotatable bonds is 4. The van der Waals surface area contributed by atoms with Gasteiger partial charge < -0.3 is 30.6 Å². The molecule has 2 aromatic rings. The summed E-state index contributed by atoms with van der Waals surface area (Å²) in [6.45, 7) is 1.21. The minimum absolute atomic E-state index is 0.263. The molecular formula is C15H16O9S. The van der Waals surface area contributed by atoms with Crippen LogP contribution in [0.2, 0.25) is 0 Å². The van der Waals surface area contributed by atoms with E-state index in [2.05, 4.69) is 0 Å². The Balaban J connectivity index is 2.86. The van der Waals surface area contributed by atoms with Crippen molar-refractivity contribution in [2.24, 2.45) is 0 Å². The SMILES string of the molecule is CC(CS(=O)(=O)O)(c1ccc(O)c(O)c1O)c1ccc(O)c(O)c1O. The Bertz CT molecular complexity index is 877. The molecule has 0 atom stereocenters. The van der Waals surface area contributed by atoms with Crippen LogP contribution in [0.3, 0.4) is 0 Å². The van der Waals surface area contributed by atoms with E-state index in [1.807, 2.05) is 0 Å². The van der Waals surface area contributed by atoms with E-state index in [4.69, 9.17) is 0 Å². The van der Waals surface area contributed by atoms with E-state index in [0.717, 1.165) is 24.3 Å². The van der Waals surface area contributed by atoms with Gasteiger partial charge in [0.1, 0.15) is 0 Å². The zero-order valence-corrected chi connectivity index (χ0v) is 13.7. The second-order valence-electron chi connectivity index (χ2n) is 5.72. The summed E-state index contributed by atoms with van der Waals surface area (Å²) in [6, 6.07) is 4.12. The van der Waals surface area contributed by atoms with Crippen molar-refractivity contribution >= 4 is 10.1 Å². The van der Waals surface area contributed by atoms with Crippen LogP contribution in [0.25, 0.3) is 0 Å². The van der Waals surface area contributed by atoms with Crippen molar-refractivity contribution < 1.29 is 43.6 Å². The van der Waals surface area contributed by atoms with Crippen LogP contribution in [0, 0.1) is 0 Å². The monoisotopic (exact) mass is 372 g/mol. The lowest BCUT2D eigenvalue weighted by Crippen LogP contribution is -2.33. The highest BCUT2D eigenvalue weighted by Crippen LogP contribution is 2.50. The lowest BCUT2D eigenvalue weighted by molar-refractivity contribution is 0.352. The third kappa shape index (κ3) is 3.21. The van der Waals surface area contributed by atoms with E-state index in [9.17, 15) is 43.6 Å². The zero-order chi connectivity index (χ0) is 19.2. The molecule has 7 N–H and O–H groups in total. The first-order valence-electron chi connectivity index (χ1n) is 6.82. The first-order valence-corrected chi connectivity index (χ1v) is 8.43. The van der Waals surface area contributed by atoms with Crippen LogP contribution in [-0.4, -0.2) is 49.4 Å². The first-order chi connectivity index (χ1) is 11.4. The summed E-state index contributed by atoms with van der Waals surface area (Å²) in [4.78, 5) is 0. The quantitative estimate of drug-likeness (QED) is 0.306. The topological polar surface area (TPSA) is 176 Å². The number of aromatic hydroxyl groups is 6. The van der Waals surface area contributed by atoms with E-state index >= 15 is 0 Å². The average molecular weight is 372 g/mol. The number of benzene rings is 2. The van der Waals surface area contributed by atoms with Gasteiger partial charge in [0.05, 0.1) is 5.75 Å². The molecule has 0 saturated heterocycles. The molecule has 0 radical (unpaired) electrons. The minimum atomic E-state index is -4.67. The number of hydrogen-bond donors (Lipinski definition) is 7. The fourth-order valence-corrected chi connectivity index (χ4v) is 3.73. The molecule has 0 heterocycles. The predicted molar refractivity (Wildman–Crippen MR) is 85.7 cm³/mol. The van der Waals surface area contributed by atoms with E-state index in [1.165, 1.54) is 6.92 Å². The summed E-state index contributed by atoms with van der Waals surface area (Å²) in [5.41, 5.74) is -2.39. The second-order valence-corrected chi connectivity index (χ2v) is 7.17. The summed E-state index contributed by atoms with van der Waals surface area (Å²) in [7, 11) is -4.67. The van der Waals surface area contributed by atoms with Gasteiger partial charge in [0.2, 0.25) is 11.5 Å². The third-order valence-electron chi connectivity index (χ3n) is 3.92. The normalized spacial score (nSPS) is 12.2. The highest BCUT2D eigenvalue weighted by atomic mass is 32.2. The fourth-order valence-electron chi connectivity index (χ4n) is 2.69. The van der Waals surface area contributed by atoms with Gasteiger partial charge in [0.15, 0.2) is 23.0 Å². The third-order valence-corrected chi connectivity index (χ3v) is 4.86. The molecule has 0 spiro atoms. The maximum Gasteiger partial charge on any atom is 0.266 e. The van der Waals surface area contributed by atoms with Gasteiger partial charge in [-0.2, -0.15) is 8.42 Å². The van der Waals surface area contributed by atoms with Gasteiger partial charge in [-0.25, -0.2) is 0 Å². The maximum absolute atomic E-state index is 11.5. The number of phenols is 6. The molecule has 0 saturated carbocycles. The van der Waals surface area contributed by atoms with E-state index in [-0.39, 0.29) is 11.1 Å². The summed E-state index contributed by atoms with van der Waals surface area (Å²) < 4.78 is 32.3. The molecule has 0 aliphatic carbocycles. The zero-order valence-electron chi connectivity index (χ0n) is 12.9. The van der Waals surface area contributed by atoms with Gasteiger partial charge in [-0.05, 0) is 12.1 Å². The van der Waals surface area contributed by atoms with Gasteiger partial charge in [0, 0.05) is 16.5 Å². The smallest absolute Gasteiger partial charge is 0.266 e. The Morgan fingerprint density at radius 1 is 0.760 bits per heavy atom. The second kappa shape index (κ2) is 5.90. The van der Waals surface area contributed by atoms with Gasteiger partial charge in [-0.15, -0.1) is 0 Å². The van der Waals surface area contributed by atoms with Crippen molar-refractivity contribution in [3.8, 4) is 34.5 Å². The number of hydrogen-bond acceptors (Lipinski definition) is 8. The summed E-state index contributed by atoms with van der Waals surface area (Å²) in [6.07, 6.45) is 0. The molecule has 10 heteroatoms. The molecule has 0 unspecified atom stereocenters.